The molecule has 1 aromatic carbocycles. The van der Waals surface area contributed by atoms with E-state index < -0.39 is 4.92 Å². The predicted octanol–water partition coefficient (Wildman–Crippen LogP) is 7.35. The molecule has 4 fully saturated rings. The average Bonchev–Trinajstić information content (AvgIpc) is 3.08. The summed E-state index contributed by atoms with van der Waals surface area (Å²) in [4.78, 5) is 29.4. The Morgan fingerprint density at radius 1 is 1.11 bits per heavy atom. The lowest BCUT2D eigenvalue weighted by molar-refractivity contribution is -0.384. The summed E-state index contributed by atoms with van der Waals surface area (Å²) in [7, 11) is 0. The molecule has 1 spiro atoms. The molecule has 206 valence electrons. The number of hydrogen-bond donors (Lipinski definition) is 0. The van der Waals surface area contributed by atoms with Crippen LogP contribution in [0.1, 0.15) is 91.0 Å². The zero-order valence-corrected chi connectivity index (χ0v) is 23.3. The first-order chi connectivity index (χ1) is 18.1. The Morgan fingerprint density at radius 2 is 1.84 bits per heavy atom. The number of benzene rings is 1. The third-order valence-electron chi connectivity index (χ3n) is 10.9. The Morgan fingerprint density at radius 3 is 2.55 bits per heavy atom. The van der Waals surface area contributed by atoms with Gasteiger partial charge in [-0.25, -0.2) is 0 Å². The summed E-state index contributed by atoms with van der Waals surface area (Å²) in [6.07, 6.45) is 13.8. The highest BCUT2D eigenvalue weighted by Crippen LogP contribution is 2.73. The number of nitrogens with zero attached hydrogens (tertiary/aromatic N) is 2. The van der Waals surface area contributed by atoms with Crippen LogP contribution in [0.15, 0.2) is 35.5 Å². The number of esters is 1. The summed E-state index contributed by atoms with van der Waals surface area (Å²) in [6, 6.07) is 6.48. The smallest absolute Gasteiger partial charge is 0.312 e. The quantitative estimate of drug-likeness (QED) is 0.162. The van der Waals surface area contributed by atoms with E-state index in [0.717, 1.165) is 44.1 Å². The molecule has 0 N–H and O–H groups in total. The summed E-state index contributed by atoms with van der Waals surface area (Å²) >= 11 is 0. The molecule has 38 heavy (non-hydrogen) atoms. The summed E-state index contributed by atoms with van der Waals surface area (Å²) in [6.45, 7) is 9.75. The number of fused-ring (bicyclic) bond motifs is 3. The Labute approximate surface area is 226 Å². The standard InChI is InChI=1S/C31H42N2O5/c1-5-37-27(34)30(4)16-7-15-29(3)24(30)14-18-31-20-26(28(2,21-31)17-13-25(29)31)32-38-19-6-8-22-9-11-23(12-10-22)33(35)36/h6,8-12,24-25H,5,7,13-21H2,1-4H3/b8-6+,32-26+/t24-,25-,28-,29+,30+,31-/m0/s1. The molecule has 0 aromatic heterocycles. The molecule has 4 saturated carbocycles. The van der Waals surface area contributed by atoms with Gasteiger partial charge in [-0.15, -0.1) is 0 Å². The molecule has 0 unspecified atom stereocenters. The number of carbonyl (C=O) groups excluding carboxylic acids is 1. The van der Waals surface area contributed by atoms with Crippen LogP contribution >= 0.6 is 0 Å². The summed E-state index contributed by atoms with van der Waals surface area (Å²) in [5.41, 5.74) is 2.30. The van der Waals surface area contributed by atoms with Crippen molar-refractivity contribution in [3.63, 3.8) is 0 Å². The van der Waals surface area contributed by atoms with Crippen molar-refractivity contribution in [3.05, 3.63) is 46.0 Å². The van der Waals surface area contributed by atoms with Gasteiger partial charge in [-0.3, -0.25) is 14.9 Å². The first kappa shape index (κ1) is 26.9. The van der Waals surface area contributed by atoms with Gasteiger partial charge in [0.15, 0.2) is 0 Å². The minimum absolute atomic E-state index is 0.0105. The Hall–Kier alpha value is -2.70. The van der Waals surface area contributed by atoms with Crippen molar-refractivity contribution in [3.8, 4) is 0 Å². The number of rotatable bonds is 7. The third-order valence-corrected chi connectivity index (χ3v) is 10.9. The summed E-state index contributed by atoms with van der Waals surface area (Å²) in [5, 5.41) is 15.5. The maximum Gasteiger partial charge on any atom is 0.312 e. The molecule has 4 aliphatic carbocycles. The molecule has 1 aromatic rings. The topological polar surface area (TPSA) is 91.0 Å². The van der Waals surface area contributed by atoms with Crippen molar-refractivity contribution < 1.29 is 19.3 Å². The molecule has 0 heterocycles. The second kappa shape index (κ2) is 9.80. The molecular formula is C31H42N2O5. The Bertz CT molecular complexity index is 1150. The summed E-state index contributed by atoms with van der Waals surface area (Å²) in [5.74, 6) is 0.992. The van der Waals surface area contributed by atoms with Gasteiger partial charge in [0, 0.05) is 17.5 Å². The van der Waals surface area contributed by atoms with Gasteiger partial charge in [0.1, 0.15) is 6.61 Å². The minimum atomic E-state index is -0.393. The van der Waals surface area contributed by atoms with E-state index >= 15 is 0 Å². The molecule has 0 radical (unpaired) electrons. The van der Waals surface area contributed by atoms with Gasteiger partial charge in [-0.05, 0) is 112 Å². The second-order valence-electron chi connectivity index (χ2n) is 13.0. The van der Waals surface area contributed by atoms with Crippen molar-refractivity contribution in [2.75, 3.05) is 13.2 Å². The molecule has 4 aliphatic rings. The van der Waals surface area contributed by atoms with Gasteiger partial charge >= 0.3 is 5.97 Å². The number of oxime groups is 1. The number of ether oxygens (including phenoxy) is 1. The average molecular weight is 523 g/mol. The zero-order chi connectivity index (χ0) is 27.2. The zero-order valence-electron chi connectivity index (χ0n) is 23.3. The molecular weight excluding hydrogens is 480 g/mol. The van der Waals surface area contributed by atoms with Crippen LogP contribution in [0.4, 0.5) is 5.69 Å². The van der Waals surface area contributed by atoms with Gasteiger partial charge in [-0.1, -0.05) is 31.5 Å². The maximum atomic E-state index is 13.2. The largest absolute Gasteiger partial charge is 0.466 e. The number of hydrogen-bond acceptors (Lipinski definition) is 6. The van der Waals surface area contributed by atoms with Gasteiger partial charge in [0.25, 0.3) is 5.69 Å². The fourth-order valence-electron chi connectivity index (χ4n) is 9.26. The molecule has 0 amide bonds. The number of nitro groups is 1. The molecule has 6 atom stereocenters. The lowest BCUT2D eigenvalue weighted by atomic mass is 9.40. The van der Waals surface area contributed by atoms with Gasteiger partial charge in [-0.2, -0.15) is 0 Å². The maximum absolute atomic E-state index is 13.2. The van der Waals surface area contributed by atoms with E-state index in [1.54, 1.807) is 12.1 Å². The third kappa shape index (κ3) is 4.36. The highest BCUT2D eigenvalue weighted by atomic mass is 16.6. The van der Waals surface area contributed by atoms with Crippen molar-refractivity contribution in [1.82, 2.24) is 0 Å². The van der Waals surface area contributed by atoms with Gasteiger partial charge in [0.05, 0.1) is 22.7 Å². The first-order valence-corrected chi connectivity index (χ1v) is 14.3. The van der Waals surface area contributed by atoms with Crippen molar-refractivity contribution in [2.45, 2.75) is 85.5 Å². The van der Waals surface area contributed by atoms with Crippen LogP contribution < -0.4 is 0 Å². The van der Waals surface area contributed by atoms with Crippen molar-refractivity contribution in [1.29, 1.82) is 0 Å². The SMILES string of the molecule is CCOC(=O)[C@]1(C)CCC[C@@]2(C)[C@@H]3CC[C@@]4(C)C[C@]3(CC[C@@H]21)C/C4=N\OC/C=C/c1ccc([N+](=O)[O-])cc1. The number of nitro benzene ring substituents is 1. The van der Waals surface area contributed by atoms with E-state index in [0.29, 0.717) is 25.0 Å². The molecule has 7 heteroatoms. The van der Waals surface area contributed by atoms with E-state index in [-0.39, 0.29) is 33.3 Å². The highest BCUT2D eigenvalue weighted by molar-refractivity contribution is 5.93. The van der Waals surface area contributed by atoms with Crippen LogP contribution in [0.2, 0.25) is 0 Å². The minimum Gasteiger partial charge on any atom is -0.466 e. The van der Waals surface area contributed by atoms with E-state index in [1.807, 2.05) is 19.1 Å². The highest BCUT2D eigenvalue weighted by Gasteiger charge is 2.67. The van der Waals surface area contributed by atoms with Crippen LogP contribution in [-0.4, -0.2) is 29.8 Å². The lowest BCUT2D eigenvalue weighted by Crippen LogP contribution is -2.58. The molecule has 0 aliphatic heterocycles. The van der Waals surface area contributed by atoms with Crippen molar-refractivity contribution in [2.24, 2.45) is 38.7 Å². The van der Waals surface area contributed by atoms with Crippen LogP contribution in [0.3, 0.4) is 0 Å². The van der Waals surface area contributed by atoms with Crippen molar-refractivity contribution >= 4 is 23.4 Å². The fourth-order valence-corrected chi connectivity index (χ4v) is 9.26. The molecule has 2 bridgehead atoms. The Kier molecular flexibility index (Phi) is 6.93. The van der Waals surface area contributed by atoms with Crippen LogP contribution in [0.5, 0.6) is 0 Å². The summed E-state index contributed by atoms with van der Waals surface area (Å²) < 4.78 is 5.61. The van der Waals surface area contributed by atoms with E-state index in [4.69, 9.17) is 14.7 Å². The number of non-ortho nitro benzene ring substituents is 1. The molecule has 7 nitrogen and oxygen atoms in total. The van der Waals surface area contributed by atoms with E-state index in [9.17, 15) is 14.9 Å². The fraction of sp³-hybridized carbons (Fsp3) is 0.677. The first-order valence-electron chi connectivity index (χ1n) is 14.3. The second-order valence-corrected chi connectivity index (χ2v) is 13.0. The van der Waals surface area contributed by atoms with Crippen LogP contribution in [0, 0.1) is 43.6 Å². The van der Waals surface area contributed by atoms with Gasteiger partial charge < -0.3 is 9.57 Å². The lowest BCUT2D eigenvalue weighted by Gasteiger charge is -2.64. The van der Waals surface area contributed by atoms with Crippen LogP contribution in [-0.2, 0) is 14.4 Å². The van der Waals surface area contributed by atoms with Crippen LogP contribution in [0.25, 0.3) is 6.08 Å². The predicted molar refractivity (Wildman–Crippen MR) is 147 cm³/mol. The molecule has 0 saturated heterocycles. The molecule has 5 rings (SSSR count). The van der Waals surface area contributed by atoms with E-state index in [1.165, 1.54) is 37.1 Å². The monoisotopic (exact) mass is 522 g/mol. The normalized spacial score (nSPS) is 39.0. The van der Waals surface area contributed by atoms with E-state index in [2.05, 4.69) is 20.8 Å². The van der Waals surface area contributed by atoms with Gasteiger partial charge in [0.2, 0.25) is 0 Å². The Balaban J connectivity index is 1.28. The number of carbonyl (C=O) groups is 1.